The lowest BCUT2D eigenvalue weighted by molar-refractivity contribution is 0.803. The van der Waals surface area contributed by atoms with E-state index in [0.29, 0.717) is 11.6 Å². The summed E-state index contributed by atoms with van der Waals surface area (Å²) < 4.78 is 1.23. The summed E-state index contributed by atoms with van der Waals surface area (Å²) in [6, 6.07) is 7.62. The molecule has 0 aliphatic rings. The van der Waals surface area contributed by atoms with Gasteiger partial charge >= 0.3 is 0 Å². The van der Waals surface area contributed by atoms with E-state index in [9.17, 15) is 4.79 Å². The van der Waals surface area contributed by atoms with E-state index in [4.69, 9.17) is 23.2 Å². The molecule has 0 saturated carbocycles. The Morgan fingerprint density at radius 1 is 1.17 bits per heavy atom. The Kier molecular flexibility index (Phi) is 3.73. The van der Waals surface area contributed by atoms with Crippen molar-refractivity contribution >= 4 is 23.2 Å². The van der Waals surface area contributed by atoms with Crippen LogP contribution in [-0.2, 0) is 0 Å². The molecule has 18 heavy (non-hydrogen) atoms. The van der Waals surface area contributed by atoms with Crippen LogP contribution >= 0.6 is 23.2 Å². The molecule has 3 nitrogen and oxygen atoms in total. The number of benzene rings is 1. The predicted molar refractivity (Wildman–Crippen MR) is 73.9 cm³/mol. The van der Waals surface area contributed by atoms with Gasteiger partial charge in [-0.25, -0.2) is 0 Å². The number of aromatic nitrogens is 2. The number of halogens is 2. The Bertz CT molecular complexity index is 618. The molecule has 1 aromatic carbocycles. The molecule has 5 heteroatoms. The van der Waals surface area contributed by atoms with E-state index in [-0.39, 0.29) is 10.0 Å². The highest BCUT2D eigenvalue weighted by Crippen LogP contribution is 2.18. The Balaban J connectivity index is 2.50. The van der Waals surface area contributed by atoms with E-state index in [1.165, 1.54) is 16.4 Å². The second kappa shape index (κ2) is 5.12. The molecule has 94 valence electrons. The first-order chi connectivity index (χ1) is 8.50. The highest BCUT2D eigenvalue weighted by atomic mass is 35.5. The minimum absolute atomic E-state index is 0.0143. The van der Waals surface area contributed by atoms with Crippen molar-refractivity contribution in [3.8, 4) is 5.69 Å². The van der Waals surface area contributed by atoms with Crippen molar-refractivity contribution in [3.05, 3.63) is 56.4 Å². The van der Waals surface area contributed by atoms with Crippen molar-refractivity contribution in [3.63, 3.8) is 0 Å². The van der Waals surface area contributed by atoms with Crippen LogP contribution in [0.3, 0.4) is 0 Å². The maximum atomic E-state index is 11.9. The number of rotatable bonds is 2. The van der Waals surface area contributed by atoms with Gasteiger partial charge < -0.3 is 0 Å². The van der Waals surface area contributed by atoms with Gasteiger partial charge in [0.1, 0.15) is 5.02 Å². The zero-order valence-electron chi connectivity index (χ0n) is 10.0. The fraction of sp³-hybridized carbons (Fsp3) is 0.231. The first-order valence-electron chi connectivity index (χ1n) is 5.54. The molecule has 0 fully saturated rings. The van der Waals surface area contributed by atoms with Gasteiger partial charge in [0.15, 0.2) is 0 Å². The van der Waals surface area contributed by atoms with Gasteiger partial charge in [-0.1, -0.05) is 49.2 Å². The minimum Gasteiger partial charge on any atom is -0.266 e. The third-order valence-electron chi connectivity index (χ3n) is 2.68. The lowest BCUT2D eigenvalue weighted by Gasteiger charge is -2.08. The van der Waals surface area contributed by atoms with Crippen molar-refractivity contribution in [2.75, 3.05) is 0 Å². The SMILES string of the molecule is CC(C)c1ccc(-n2ncc(Cl)c(Cl)c2=O)cc1. The lowest BCUT2D eigenvalue weighted by atomic mass is 10.0. The monoisotopic (exact) mass is 282 g/mol. The maximum Gasteiger partial charge on any atom is 0.291 e. The summed E-state index contributed by atoms with van der Waals surface area (Å²) in [5.74, 6) is 0.442. The molecule has 1 aromatic heterocycles. The molecular weight excluding hydrogens is 271 g/mol. The summed E-state index contributed by atoms with van der Waals surface area (Å²) in [5.41, 5.74) is 1.45. The van der Waals surface area contributed by atoms with Crippen LogP contribution < -0.4 is 5.56 Å². The highest BCUT2D eigenvalue weighted by molar-refractivity contribution is 6.41. The Labute approximate surface area is 115 Å². The van der Waals surface area contributed by atoms with Gasteiger partial charge in [0.2, 0.25) is 0 Å². The van der Waals surface area contributed by atoms with Gasteiger partial charge in [-0.2, -0.15) is 9.78 Å². The van der Waals surface area contributed by atoms with Gasteiger partial charge in [-0.3, -0.25) is 4.79 Å². The van der Waals surface area contributed by atoms with Crippen LogP contribution in [-0.4, -0.2) is 9.78 Å². The number of hydrogen-bond donors (Lipinski definition) is 0. The molecule has 0 spiro atoms. The quantitative estimate of drug-likeness (QED) is 0.843. The van der Waals surface area contributed by atoms with Crippen molar-refractivity contribution in [2.45, 2.75) is 19.8 Å². The number of nitrogens with zero attached hydrogens (tertiary/aromatic N) is 2. The van der Waals surface area contributed by atoms with E-state index < -0.39 is 5.56 Å². The Morgan fingerprint density at radius 2 is 1.78 bits per heavy atom. The summed E-state index contributed by atoms with van der Waals surface area (Å²) in [7, 11) is 0. The average Bonchev–Trinajstić information content (AvgIpc) is 2.36. The fourth-order valence-corrected chi connectivity index (χ4v) is 1.85. The first kappa shape index (κ1) is 13.1. The molecule has 0 unspecified atom stereocenters. The maximum absolute atomic E-state index is 11.9. The van der Waals surface area contributed by atoms with Crippen molar-refractivity contribution < 1.29 is 0 Å². The van der Waals surface area contributed by atoms with Crippen LogP contribution in [0.5, 0.6) is 0 Å². The molecule has 0 amide bonds. The normalized spacial score (nSPS) is 10.9. The van der Waals surface area contributed by atoms with Crippen LogP contribution in [0.1, 0.15) is 25.3 Å². The zero-order valence-corrected chi connectivity index (χ0v) is 11.5. The van der Waals surface area contributed by atoms with Crippen LogP contribution in [0.25, 0.3) is 5.69 Å². The van der Waals surface area contributed by atoms with Gasteiger partial charge in [-0.05, 0) is 23.6 Å². The number of hydrogen-bond acceptors (Lipinski definition) is 2. The highest BCUT2D eigenvalue weighted by Gasteiger charge is 2.09. The standard InChI is InChI=1S/C13H12Cl2N2O/c1-8(2)9-3-5-10(6-4-9)17-13(18)12(15)11(14)7-16-17/h3-8H,1-2H3. The molecule has 1 heterocycles. The molecule has 2 aromatic rings. The second-order valence-electron chi connectivity index (χ2n) is 4.27. The van der Waals surface area contributed by atoms with Crippen molar-refractivity contribution in [1.29, 1.82) is 0 Å². The van der Waals surface area contributed by atoms with Crippen molar-refractivity contribution in [1.82, 2.24) is 9.78 Å². The molecule has 0 aliphatic carbocycles. The van der Waals surface area contributed by atoms with Gasteiger partial charge in [-0.15, -0.1) is 0 Å². The molecule has 0 saturated heterocycles. The Hall–Kier alpha value is -1.32. The van der Waals surface area contributed by atoms with Crippen LogP contribution in [0.4, 0.5) is 0 Å². The summed E-state index contributed by atoms with van der Waals surface area (Å²) in [4.78, 5) is 11.9. The van der Waals surface area contributed by atoms with E-state index >= 15 is 0 Å². The second-order valence-corrected chi connectivity index (χ2v) is 5.05. The van der Waals surface area contributed by atoms with E-state index in [2.05, 4.69) is 18.9 Å². The summed E-state index contributed by atoms with van der Waals surface area (Å²) in [6.45, 7) is 4.22. The van der Waals surface area contributed by atoms with E-state index in [1.807, 2.05) is 24.3 Å². The van der Waals surface area contributed by atoms with Gasteiger partial charge in [0, 0.05) is 0 Å². The first-order valence-corrected chi connectivity index (χ1v) is 6.30. The molecule has 0 atom stereocenters. The third kappa shape index (κ3) is 2.42. The third-order valence-corrected chi connectivity index (χ3v) is 3.43. The van der Waals surface area contributed by atoms with Crippen LogP contribution in [0.2, 0.25) is 10.0 Å². The predicted octanol–water partition coefficient (Wildman–Crippen LogP) is 3.66. The van der Waals surface area contributed by atoms with E-state index in [1.54, 1.807) is 0 Å². The molecular formula is C13H12Cl2N2O. The van der Waals surface area contributed by atoms with Gasteiger partial charge in [0.25, 0.3) is 5.56 Å². The van der Waals surface area contributed by atoms with Crippen molar-refractivity contribution in [2.24, 2.45) is 0 Å². The van der Waals surface area contributed by atoms with Crippen LogP contribution in [0, 0.1) is 0 Å². The zero-order chi connectivity index (χ0) is 13.3. The average molecular weight is 283 g/mol. The summed E-state index contributed by atoms with van der Waals surface area (Å²) in [6.07, 6.45) is 1.36. The fourth-order valence-electron chi connectivity index (χ4n) is 1.60. The minimum atomic E-state index is -0.415. The molecule has 0 bridgehead atoms. The molecule has 0 aliphatic heterocycles. The van der Waals surface area contributed by atoms with E-state index in [0.717, 1.165) is 0 Å². The molecule has 2 rings (SSSR count). The van der Waals surface area contributed by atoms with Gasteiger partial charge in [0.05, 0.1) is 16.9 Å². The molecule has 0 N–H and O–H groups in total. The largest absolute Gasteiger partial charge is 0.291 e. The summed E-state index contributed by atoms with van der Waals surface area (Å²) in [5, 5.41) is 4.12. The lowest BCUT2D eigenvalue weighted by Crippen LogP contribution is -2.21. The van der Waals surface area contributed by atoms with Crippen LogP contribution in [0.15, 0.2) is 35.3 Å². The summed E-state index contributed by atoms with van der Waals surface area (Å²) >= 11 is 11.5. The Morgan fingerprint density at radius 3 is 2.33 bits per heavy atom. The smallest absolute Gasteiger partial charge is 0.266 e. The topological polar surface area (TPSA) is 34.9 Å². The molecule has 0 radical (unpaired) electrons.